The lowest BCUT2D eigenvalue weighted by Gasteiger charge is -2.27. The molecule has 1 aliphatic rings. The van der Waals surface area contributed by atoms with E-state index in [1.165, 1.54) is 36.8 Å². The molecular weight excluding hydrogens is 360 g/mol. The molecular formula is C26H32O3. The Kier molecular flexibility index (Phi) is 8.06. The topological polar surface area (TPSA) is 35.5 Å². The second-order valence-corrected chi connectivity index (χ2v) is 7.90. The Bertz CT molecular complexity index is 782. The van der Waals surface area contributed by atoms with Crippen LogP contribution in [0.2, 0.25) is 0 Å². The Morgan fingerprint density at radius 3 is 2.31 bits per heavy atom. The summed E-state index contributed by atoms with van der Waals surface area (Å²) in [6.07, 6.45) is 11.4. The predicted molar refractivity (Wildman–Crippen MR) is 118 cm³/mol. The minimum Gasteiger partial charge on any atom is -0.423 e. The van der Waals surface area contributed by atoms with Crippen LogP contribution in [0, 0.1) is 5.92 Å². The van der Waals surface area contributed by atoms with Crippen LogP contribution >= 0.6 is 0 Å². The van der Waals surface area contributed by atoms with E-state index in [1.54, 1.807) is 7.11 Å². The van der Waals surface area contributed by atoms with Crippen LogP contribution in [0.4, 0.5) is 0 Å². The molecule has 0 N–H and O–H groups in total. The number of aryl methyl sites for hydroxylation is 1. The summed E-state index contributed by atoms with van der Waals surface area (Å²) in [5.41, 5.74) is 3.19. The molecule has 2 aromatic rings. The van der Waals surface area contributed by atoms with E-state index in [0.717, 1.165) is 12.8 Å². The molecule has 0 aromatic heterocycles. The molecule has 0 aliphatic heterocycles. The van der Waals surface area contributed by atoms with E-state index in [2.05, 4.69) is 31.2 Å². The van der Waals surface area contributed by atoms with Crippen LogP contribution in [0.5, 0.6) is 5.75 Å². The van der Waals surface area contributed by atoms with Crippen molar-refractivity contribution in [3.8, 4) is 5.75 Å². The first-order valence-electron chi connectivity index (χ1n) is 10.8. The van der Waals surface area contributed by atoms with Crippen molar-refractivity contribution >= 4 is 5.97 Å². The van der Waals surface area contributed by atoms with Crippen LogP contribution in [0.1, 0.15) is 66.4 Å². The lowest BCUT2D eigenvalue weighted by molar-refractivity contribution is 0.0734. The zero-order valence-corrected chi connectivity index (χ0v) is 17.6. The number of benzene rings is 2. The molecule has 0 heterocycles. The highest BCUT2D eigenvalue weighted by Crippen LogP contribution is 2.36. The van der Waals surface area contributed by atoms with E-state index in [4.69, 9.17) is 9.47 Å². The van der Waals surface area contributed by atoms with Gasteiger partial charge in [-0.05, 0) is 79.3 Å². The minimum atomic E-state index is -0.299. The standard InChI is InChI=1S/C26H32O3/c1-3-5-20-9-17-25(18-10-20)29-26(27)24-15-13-23(14-16-24)22-11-7-21(8-12-22)6-4-19-28-2/h4,6,9-10,13-18,21-22H,3,5,7-8,11-12,19H2,1-2H3/t21-,22-. The maximum absolute atomic E-state index is 12.4. The SMILES string of the molecule is CCCc1ccc(OC(=O)c2ccc([C@H]3CC[C@H](C=CCOC)CC3)cc2)cc1. The van der Waals surface area contributed by atoms with Gasteiger partial charge in [-0.2, -0.15) is 0 Å². The van der Waals surface area contributed by atoms with Gasteiger partial charge in [0.15, 0.2) is 0 Å². The van der Waals surface area contributed by atoms with Gasteiger partial charge in [0, 0.05) is 7.11 Å². The second kappa shape index (κ2) is 11.0. The Labute approximate surface area is 174 Å². The third-order valence-corrected chi connectivity index (χ3v) is 5.73. The number of hydrogen-bond donors (Lipinski definition) is 0. The van der Waals surface area contributed by atoms with E-state index in [0.29, 0.717) is 29.8 Å². The van der Waals surface area contributed by atoms with Crippen molar-refractivity contribution in [2.24, 2.45) is 5.92 Å². The summed E-state index contributed by atoms with van der Waals surface area (Å²) in [6, 6.07) is 15.8. The van der Waals surface area contributed by atoms with Crippen molar-refractivity contribution in [2.45, 2.75) is 51.4 Å². The van der Waals surface area contributed by atoms with Crippen LogP contribution in [-0.2, 0) is 11.2 Å². The molecule has 29 heavy (non-hydrogen) atoms. The smallest absolute Gasteiger partial charge is 0.343 e. The molecule has 0 radical (unpaired) electrons. The van der Waals surface area contributed by atoms with Crippen molar-refractivity contribution in [1.82, 2.24) is 0 Å². The minimum absolute atomic E-state index is 0.299. The quantitative estimate of drug-likeness (QED) is 0.299. The maximum atomic E-state index is 12.4. The van der Waals surface area contributed by atoms with Gasteiger partial charge < -0.3 is 9.47 Å². The van der Waals surface area contributed by atoms with Gasteiger partial charge in [0.1, 0.15) is 5.75 Å². The Balaban J connectivity index is 1.52. The summed E-state index contributed by atoms with van der Waals surface area (Å²) in [4.78, 5) is 12.4. The van der Waals surface area contributed by atoms with E-state index in [9.17, 15) is 4.79 Å². The van der Waals surface area contributed by atoms with Gasteiger partial charge in [0.05, 0.1) is 12.2 Å². The molecule has 154 valence electrons. The Morgan fingerprint density at radius 2 is 1.69 bits per heavy atom. The van der Waals surface area contributed by atoms with Gasteiger partial charge in [0.2, 0.25) is 0 Å². The van der Waals surface area contributed by atoms with Crippen LogP contribution in [0.15, 0.2) is 60.7 Å². The molecule has 3 nitrogen and oxygen atoms in total. The zero-order valence-electron chi connectivity index (χ0n) is 17.6. The predicted octanol–water partition coefficient (Wildman–Crippen LogP) is 6.33. The number of carbonyl (C=O) groups is 1. The van der Waals surface area contributed by atoms with Crippen molar-refractivity contribution in [2.75, 3.05) is 13.7 Å². The van der Waals surface area contributed by atoms with Crippen molar-refractivity contribution in [1.29, 1.82) is 0 Å². The average Bonchev–Trinajstić information content (AvgIpc) is 2.76. The Morgan fingerprint density at radius 1 is 1.00 bits per heavy atom. The molecule has 1 saturated carbocycles. The summed E-state index contributed by atoms with van der Waals surface area (Å²) in [6.45, 7) is 2.85. The Hall–Kier alpha value is -2.39. The fourth-order valence-corrected chi connectivity index (χ4v) is 4.06. The molecule has 1 fully saturated rings. The molecule has 0 bridgehead atoms. The normalized spacial score (nSPS) is 19.4. The van der Waals surface area contributed by atoms with E-state index in [1.807, 2.05) is 36.4 Å². The third kappa shape index (κ3) is 6.30. The highest BCUT2D eigenvalue weighted by atomic mass is 16.5. The van der Waals surface area contributed by atoms with E-state index in [-0.39, 0.29) is 5.97 Å². The maximum Gasteiger partial charge on any atom is 0.343 e. The van der Waals surface area contributed by atoms with Gasteiger partial charge >= 0.3 is 5.97 Å². The molecule has 0 unspecified atom stereocenters. The number of carbonyl (C=O) groups excluding carboxylic acids is 1. The number of ether oxygens (including phenoxy) is 2. The zero-order chi connectivity index (χ0) is 20.5. The molecule has 0 saturated heterocycles. The first kappa shape index (κ1) is 21.3. The van der Waals surface area contributed by atoms with Crippen molar-refractivity contribution in [3.63, 3.8) is 0 Å². The largest absolute Gasteiger partial charge is 0.423 e. The molecule has 3 heteroatoms. The fraction of sp³-hybridized carbons (Fsp3) is 0.423. The van der Waals surface area contributed by atoms with Gasteiger partial charge in [-0.1, -0.05) is 49.8 Å². The summed E-state index contributed by atoms with van der Waals surface area (Å²) >= 11 is 0. The highest BCUT2D eigenvalue weighted by Gasteiger charge is 2.21. The molecule has 0 amide bonds. The monoisotopic (exact) mass is 392 g/mol. The molecule has 1 aliphatic carbocycles. The van der Waals surface area contributed by atoms with Crippen LogP contribution in [0.25, 0.3) is 0 Å². The summed E-state index contributed by atoms with van der Waals surface area (Å²) in [7, 11) is 1.73. The first-order chi connectivity index (χ1) is 14.2. The van der Waals surface area contributed by atoms with Crippen LogP contribution < -0.4 is 4.74 Å². The fourth-order valence-electron chi connectivity index (χ4n) is 4.06. The van der Waals surface area contributed by atoms with Gasteiger partial charge in [0.25, 0.3) is 0 Å². The van der Waals surface area contributed by atoms with Crippen LogP contribution in [-0.4, -0.2) is 19.7 Å². The lowest BCUT2D eigenvalue weighted by Crippen LogP contribution is -2.13. The molecule has 0 spiro atoms. The van der Waals surface area contributed by atoms with E-state index >= 15 is 0 Å². The highest BCUT2D eigenvalue weighted by molar-refractivity contribution is 5.91. The van der Waals surface area contributed by atoms with Gasteiger partial charge in [-0.15, -0.1) is 0 Å². The second-order valence-electron chi connectivity index (χ2n) is 7.90. The molecule has 3 rings (SSSR count). The van der Waals surface area contributed by atoms with Crippen molar-refractivity contribution in [3.05, 3.63) is 77.4 Å². The molecule has 2 aromatic carbocycles. The van der Waals surface area contributed by atoms with Crippen LogP contribution in [0.3, 0.4) is 0 Å². The lowest BCUT2D eigenvalue weighted by atomic mass is 9.78. The number of hydrogen-bond acceptors (Lipinski definition) is 3. The summed E-state index contributed by atoms with van der Waals surface area (Å²) in [5, 5.41) is 0. The van der Waals surface area contributed by atoms with Gasteiger partial charge in [-0.3, -0.25) is 0 Å². The number of methoxy groups -OCH3 is 1. The summed E-state index contributed by atoms with van der Waals surface area (Å²) in [5.74, 6) is 1.54. The van der Waals surface area contributed by atoms with Gasteiger partial charge in [-0.25, -0.2) is 4.79 Å². The summed E-state index contributed by atoms with van der Waals surface area (Å²) < 4.78 is 10.6. The number of esters is 1. The molecule has 0 atom stereocenters. The average molecular weight is 393 g/mol. The first-order valence-corrected chi connectivity index (χ1v) is 10.8. The van der Waals surface area contributed by atoms with Crippen molar-refractivity contribution < 1.29 is 14.3 Å². The number of allylic oxidation sites excluding steroid dienone is 1. The third-order valence-electron chi connectivity index (χ3n) is 5.73. The van der Waals surface area contributed by atoms with E-state index < -0.39 is 0 Å². The number of rotatable bonds is 8.